The third kappa shape index (κ3) is 2.70. The number of hydrogen-bond donors (Lipinski definition) is 1. The van der Waals surface area contributed by atoms with Gasteiger partial charge in [-0.1, -0.05) is 30.3 Å². The van der Waals surface area contributed by atoms with Crippen molar-refractivity contribution in [3.8, 4) is 0 Å². The molecule has 0 aliphatic heterocycles. The lowest BCUT2D eigenvalue weighted by atomic mass is 10.2. The fraction of sp³-hybridized carbons (Fsp3) is 0.0625. The molecule has 0 saturated carbocycles. The van der Waals surface area contributed by atoms with Gasteiger partial charge in [-0.05, 0) is 46.4 Å². The fourth-order valence-corrected chi connectivity index (χ4v) is 2.55. The van der Waals surface area contributed by atoms with Crippen molar-refractivity contribution in [2.24, 2.45) is 0 Å². The Hall–Kier alpha value is -1.82. The van der Waals surface area contributed by atoms with Crippen LogP contribution in [0.1, 0.15) is 15.9 Å². The summed E-state index contributed by atoms with van der Waals surface area (Å²) < 4.78 is 6.45. The summed E-state index contributed by atoms with van der Waals surface area (Å²) in [5, 5.41) is 0.898. The molecule has 4 heteroatoms. The van der Waals surface area contributed by atoms with E-state index < -0.39 is 0 Å². The number of carbonyl (C=O) groups is 1. The van der Waals surface area contributed by atoms with Gasteiger partial charge >= 0.3 is 5.97 Å². The highest BCUT2D eigenvalue weighted by Gasteiger charge is 2.13. The number of ether oxygens (including phenoxy) is 1. The lowest BCUT2D eigenvalue weighted by Gasteiger charge is -2.04. The fourth-order valence-electron chi connectivity index (χ4n) is 2.06. The molecular formula is C16H12INO2. The van der Waals surface area contributed by atoms with Crippen molar-refractivity contribution in [1.82, 2.24) is 4.98 Å². The zero-order valence-corrected chi connectivity index (χ0v) is 12.8. The first kappa shape index (κ1) is 13.2. The summed E-state index contributed by atoms with van der Waals surface area (Å²) in [5.41, 5.74) is 2.50. The summed E-state index contributed by atoms with van der Waals surface area (Å²) in [6.07, 6.45) is 1.70. The van der Waals surface area contributed by atoms with Gasteiger partial charge in [-0.3, -0.25) is 0 Å². The van der Waals surface area contributed by atoms with Gasteiger partial charge in [0.25, 0.3) is 0 Å². The molecule has 100 valence electrons. The van der Waals surface area contributed by atoms with Gasteiger partial charge in [-0.2, -0.15) is 0 Å². The molecule has 0 amide bonds. The summed E-state index contributed by atoms with van der Waals surface area (Å²) in [4.78, 5) is 15.3. The number of aromatic nitrogens is 1. The first-order chi connectivity index (χ1) is 9.74. The molecule has 0 atom stereocenters. The number of hydrogen-bond acceptors (Lipinski definition) is 2. The Morgan fingerprint density at radius 3 is 2.75 bits per heavy atom. The van der Waals surface area contributed by atoms with Crippen molar-refractivity contribution < 1.29 is 9.53 Å². The van der Waals surface area contributed by atoms with E-state index in [1.807, 2.05) is 48.5 Å². The van der Waals surface area contributed by atoms with Gasteiger partial charge in [-0.25, -0.2) is 4.79 Å². The molecule has 1 aromatic heterocycles. The maximum absolute atomic E-state index is 12.2. The molecule has 3 nitrogen and oxygen atoms in total. The smallest absolute Gasteiger partial charge is 0.340 e. The molecule has 2 aromatic carbocycles. The third-order valence-corrected chi connectivity index (χ3v) is 3.75. The van der Waals surface area contributed by atoms with Gasteiger partial charge in [-0.15, -0.1) is 0 Å². The van der Waals surface area contributed by atoms with Gasteiger partial charge in [0.15, 0.2) is 0 Å². The maximum Gasteiger partial charge on any atom is 0.340 e. The molecule has 0 aliphatic rings. The van der Waals surface area contributed by atoms with Crippen LogP contribution in [-0.2, 0) is 11.3 Å². The molecule has 20 heavy (non-hydrogen) atoms. The molecule has 0 spiro atoms. The number of carbonyl (C=O) groups excluding carboxylic acids is 1. The molecule has 1 N–H and O–H groups in total. The van der Waals surface area contributed by atoms with E-state index in [0.717, 1.165) is 20.0 Å². The van der Waals surface area contributed by atoms with Gasteiger partial charge in [0.2, 0.25) is 0 Å². The van der Waals surface area contributed by atoms with Crippen LogP contribution >= 0.6 is 22.6 Å². The van der Waals surface area contributed by atoms with Crippen LogP contribution in [0.25, 0.3) is 10.9 Å². The van der Waals surface area contributed by atoms with Crippen LogP contribution in [0, 0.1) is 3.57 Å². The number of H-pyrrole nitrogens is 1. The Bertz CT molecular complexity index is 750. The quantitative estimate of drug-likeness (QED) is 0.551. The number of aromatic amines is 1. The van der Waals surface area contributed by atoms with Crippen molar-refractivity contribution in [3.05, 3.63) is 69.4 Å². The highest BCUT2D eigenvalue weighted by atomic mass is 127. The Morgan fingerprint density at radius 2 is 1.95 bits per heavy atom. The minimum atomic E-state index is -0.304. The van der Waals surface area contributed by atoms with Crippen molar-refractivity contribution in [3.63, 3.8) is 0 Å². The molecule has 0 radical (unpaired) electrons. The molecule has 0 saturated heterocycles. The zero-order valence-electron chi connectivity index (χ0n) is 10.6. The molecule has 0 bridgehead atoms. The molecule has 0 unspecified atom stereocenters. The molecule has 0 fully saturated rings. The van der Waals surface area contributed by atoms with E-state index in [9.17, 15) is 4.79 Å². The number of benzene rings is 2. The van der Waals surface area contributed by atoms with Crippen LogP contribution in [0.2, 0.25) is 0 Å². The van der Waals surface area contributed by atoms with Crippen LogP contribution in [0.3, 0.4) is 0 Å². The Labute approximate surface area is 130 Å². The SMILES string of the molecule is O=C(OCc1ccccc1)c1c[nH]c2ccc(I)cc12. The maximum atomic E-state index is 12.2. The molecule has 0 aliphatic carbocycles. The van der Waals surface area contributed by atoms with Crippen LogP contribution in [0.15, 0.2) is 54.7 Å². The highest BCUT2D eigenvalue weighted by molar-refractivity contribution is 14.1. The molecular weight excluding hydrogens is 365 g/mol. The Kier molecular flexibility index (Phi) is 3.73. The number of halogens is 1. The first-order valence-corrected chi connectivity index (χ1v) is 7.29. The van der Waals surface area contributed by atoms with Crippen LogP contribution in [-0.4, -0.2) is 11.0 Å². The predicted molar refractivity (Wildman–Crippen MR) is 86.6 cm³/mol. The number of esters is 1. The van der Waals surface area contributed by atoms with Crippen molar-refractivity contribution in [1.29, 1.82) is 0 Å². The Morgan fingerprint density at radius 1 is 1.15 bits per heavy atom. The lowest BCUT2D eigenvalue weighted by molar-refractivity contribution is 0.0475. The van der Waals surface area contributed by atoms with E-state index in [-0.39, 0.29) is 12.6 Å². The monoisotopic (exact) mass is 377 g/mol. The first-order valence-electron chi connectivity index (χ1n) is 6.22. The summed E-state index contributed by atoms with van der Waals surface area (Å²) in [6, 6.07) is 15.6. The summed E-state index contributed by atoms with van der Waals surface area (Å²) in [5.74, 6) is -0.304. The van der Waals surface area contributed by atoms with Crippen LogP contribution in [0.5, 0.6) is 0 Å². The second kappa shape index (κ2) is 5.66. The number of nitrogens with one attached hydrogen (secondary N) is 1. The second-order valence-corrected chi connectivity index (χ2v) is 5.70. The topological polar surface area (TPSA) is 42.1 Å². The van der Waals surface area contributed by atoms with Crippen LogP contribution in [0.4, 0.5) is 0 Å². The van der Waals surface area contributed by atoms with Crippen molar-refractivity contribution in [2.75, 3.05) is 0 Å². The number of rotatable bonds is 3. The minimum absolute atomic E-state index is 0.288. The van der Waals surface area contributed by atoms with E-state index in [1.165, 1.54) is 0 Å². The minimum Gasteiger partial charge on any atom is -0.457 e. The predicted octanol–water partition coefficient (Wildman–Crippen LogP) is 4.13. The van der Waals surface area contributed by atoms with Gasteiger partial charge in [0.05, 0.1) is 5.56 Å². The summed E-state index contributed by atoms with van der Waals surface area (Å²) in [6.45, 7) is 0.288. The van der Waals surface area contributed by atoms with Crippen molar-refractivity contribution >= 4 is 39.5 Å². The van der Waals surface area contributed by atoms with Gasteiger partial charge < -0.3 is 9.72 Å². The Balaban J connectivity index is 1.80. The van der Waals surface area contributed by atoms with E-state index in [4.69, 9.17) is 4.74 Å². The van der Waals surface area contributed by atoms with E-state index in [0.29, 0.717) is 5.56 Å². The zero-order chi connectivity index (χ0) is 13.9. The highest BCUT2D eigenvalue weighted by Crippen LogP contribution is 2.21. The molecule has 3 aromatic rings. The molecule has 1 heterocycles. The van der Waals surface area contributed by atoms with E-state index in [2.05, 4.69) is 27.6 Å². The largest absolute Gasteiger partial charge is 0.457 e. The van der Waals surface area contributed by atoms with Gasteiger partial charge in [0, 0.05) is 20.7 Å². The van der Waals surface area contributed by atoms with Crippen molar-refractivity contribution in [2.45, 2.75) is 6.61 Å². The van der Waals surface area contributed by atoms with E-state index >= 15 is 0 Å². The normalized spacial score (nSPS) is 10.7. The summed E-state index contributed by atoms with van der Waals surface area (Å²) >= 11 is 2.23. The second-order valence-electron chi connectivity index (χ2n) is 4.45. The van der Waals surface area contributed by atoms with Crippen LogP contribution < -0.4 is 0 Å². The average Bonchev–Trinajstić information content (AvgIpc) is 2.89. The number of fused-ring (bicyclic) bond motifs is 1. The van der Waals surface area contributed by atoms with Gasteiger partial charge in [0.1, 0.15) is 6.61 Å². The summed E-state index contributed by atoms with van der Waals surface area (Å²) in [7, 11) is 0. The average molecular weight is 377 g/mol. The standard InChI is InChI=1S/C16H12INO2/c17-12-6-7-15-13(8-12)14(9-18-15)16(19)20-10-11-4-2-1-3-5-11/h1-9,18H,10H2. The van der Waals surface area contributed by atoms with E-state index in [1.54, 1.807) is 6.20 Å². The molecule has 3 rings (SSSR count). The lowest BCUT2D eigenvalue weighted by Crippen LogP contribution is -2.04. The third-order valence-electron chi connectivity index (χ3n) is 3.08.